The van der Waals surface area contributed by atoms with Crippen LogP contribution in [0.1, 0.15) is 17.5 Å². The molecule has 3 rings (SSSR count). The van der Waals surface area contributed by atoms with Gasteiger partial charge in [-0.1, -0.05) is 42.5 Å². The Morgan fingerprint density at radius 3 is 2.62 bits per heavy atom. The molecule has 0 saturated carbocycles. The minimum atomic E-state index is -0.939. The maximum Gasteiger partial charge on any atom is 0.340 e. The molecule has 0 amide bonds. The van der Waals surface area contributed by atoms with Crippen LogP contribution in [-0.2, 0) is 6.61 Å². The lowest BCUT2D eigenvalue weighted by Gasteiger charge is -2.15. The second-order valence-corrected chi connectivity index (χ2v) is 5.23. The first-order valence-corrected chi connectivity index (χ1v) is 7.54. The van der Waals surface area contributed by atoms with E-state index in [0.29, 0.717) is 12.4 Å². The molecule has 0 fully saturated rings. The van der Waals surface area contributed by atoms with Gasteiger partial charge in [0.25, 0.3) is 0 Å². The van der Waals surface area contributed by atoms with E-state index in [1.807, 2.05) is 54.6 Å². The number of benzene rings is 2. The number of hydrogen-bond donors (Lipinski definition) is 4. The molecule has 1 heterocycles. The van der Waals surface area contributed by atoms with E-state index in [2.05, 4.69) is 20.5 Å². The summed E-state index contributed by atoms with van der Waals surface area (Å²) in [5, 5.41) is 19.1. The van der Waals surface area contributed by atoms with Crippen molar-refractivity contribution in [3.05, 3.63) is 76.5 Å². The van der Waals surface area contributed by atoms with Gasteiger partial charge in [-0.2, -0.15) is 5.10 Å². The fourth-order valence-corrected chi connectivity index (χ4v) is 2.22. The topological polar surface area (TPSA) is 103 Å². The Bertz CT molecular complexity index is 829. The van der Waals surface area contributed by atoms with Gasteiger partial charge in [0.15, 0.2) is 5.82 Å². The predicted molar refractivity (Wildman–Crippen MR) is 89.9 cm³/mol. The molecule has 7 heteroatoms. The Labute approximate surface area is 138 Å². The molecule has 0 spiro atoms. The molecule has 3 aromatic rings. The number of para-hydroxylation sites is 2. The molecule has 4 N–H and O–H groups in total. The van der Waals surface area contributed by atoms with Crippen LogP contribution in [0, 0.1) is 0 Å². The summed E-state index contributed by atoms with van der Waals surface area (Å²) in [4.78, 5) is 13.4. The normalized spacial score (nSPS) is 11.9. The van der Waals surface area contributed by atoms with Crippen LogP contribution >= 0.6 is 0 Å². The Balaban J connectivity index is 1.62. The first-order chi connectivity index (χ1) is 11.7. The third-order valence-electron chi connectivity index (χ3n) is 3.45. The molecule has 1 aromatic heterocycles. The summed E-state index contributed by atoms with van der Waals surface area (Å²) < 4.78 is 5.84. The lowest BCUT2D eigenvalue weighted by Crippen LogP contribution is -2.15. The van der Waals surface area contributed by atoms with Crippen LogP contribution in [0.4, 0.5) is 5.69 Å². The van der Waals surface area contributed by atoms with Gasteiger partial charge in [0.2, 0.25) is 0 Å². The number of aromatic amines is 2. The van der Waals surface area contributed by atoms with Crippen LogP contribution in [0.5, 0.6) is 5.75 Å². The van der Waals surface area contributed by atoms with Crippen LogP contribution in [0.3, 0.4) is 0 Å². The number of rotatable bonds is 7. The lowest BCUT2D eigenvalue weighted by molar-refractivity contribution is 0.181. The molecule has 1 atom stereocenters. The average Bonchev–Trinajstić information content (AvgIpc) is 3.06. The van der Waals surface area contributed by atoms with Gasteiger partial charge in [0.05, 0.1) is 5.69 Å². The molecule has 1 unspecified atom stereocenters. The van der Waals surface area contributed by atoms with Crippen molar-refractivity contribution in [2.24, 2.45) is 0 Å². The highest BCUT2D eigenvalue weighted by Crippen LogP contribution is 2.25. The molecule has 0 aliphatic heterocycles. The molecule has 0 bridgehead atoms. The van der Waals surface area contributed by atoms with Gasteiger partial charge in [0, 0.05) is 6.54 Å². The highest BCUT2D eigenvalue weighted by molar-refractivity contribution is 5.56. The molecule has 24 heavy (non-hydrogen) atoms. The van der Waals surface area contributed by atoms with Crippen molar-refractivity contribution in [1.29, 1.82) is 0 Å². The second kappa shape index (κ2) is 7.47. The number of nitrogens with zero attached hydrogens (tertiary/aromatic N) is 1. The van der Waals surface area contributed by atoms with Crippen molar-refractivity contribution in [1.82, 2.24) is 15.2 Å². The van der Waals surface area contributed by atoms with Crippen LogP contribution in [0.15, 0.2) is 59.4 Å². The monoisotopic (exact) mass is 326 g/mol. The summed E-state index contributed by atoms with van der Waals surface area (Å²) in [6.07, 6.45) is -0.939. The minimum absolute atomic E-state index is 0.187. The maximum atomic E-state index is 11.0. The summed E-state index contributed by atoms with van der Waals surface area (Å²) >= 11 is 0. The van der Waals surface area contributed by atoms with Gasteiger partial charge < -0.3 is 15.2 Å². The van der Waals surface area contributed by atoms with Crippen LogP contribution in [0.2, 0.25) is 0 Å². The van der Waals surface area contributed by atoms with E-state index in [1.54, 1.807) is 0 Å². The van der Waals surface area contributed by atoms with Gasteiger partial charge in [-0.25, -0.2) is 9.89 Å². The largest absolute Gasteiger partial charge is 0.487 e. The summed E-state index contributed by atoms with van der Waals surface area (Å²) in [7, 11) is 0. The summed E-state index contributed by atoms with van der Waals surface area (Å²) in [6.45, 7) is 0.640. The molecular weight excluding hydrogens is 308 g/mol. The Kier molecular flexibility index (Phi) is 4.93. The number of aliphatic hydroxyl groups excluding tert-OH is 1. The number of aromatic nitrogens is 3. The van der Waals surface area contributed by atoms with Crippen molar-refractivity contribution in [2.45, 2.75) is 12.7 Å². The molecule has 2 aromatic carbocycles. The van der Waals surface area contributed by atoms with Crippen molar-refractivity contribution in [3.63, 3.8) is 0 Å². The Morgan fingerprint density at radius 2 is 1.88 bits per heavy atom. The molecule has 0 aliphatic rings. The zero-order valence-electron chi connectivity index (χ0n) is 12.9. The second-order valence-electron chi connectivity index (χ2n) is 5.23. The van der Waals surface area contributed by atoms with Crippen molar-refractivity contribution in [2.75, 3.05) is 11.9 Å². The number of hydrogen-bond acceptors (Lipinski definition) is 5. The van der Waals surface area contributed by atoms with Gasteiger partial charge in [-0.05, 0) is 17.7 Å². The van der Waals surface area contributed by atoms with Crippen molar-refractivity contribution < 1.29 is 9.84 Å². The van der Waals surface area contributed by atoms with E-state index in [-0.39, 0.29) is 12.4 Å². The molecule has 0 radical (unpaired) electrons. The quantitative estimate of drug-likeness (QED) is 0.530. The molecule has 0 saturated heterocycles. The summed E-state index contributed by atoms with van der Waals surface area (Å²) in [5.74, 6) is 0.874. The number of H-pyrrole nitrogens is 2. The van der Waals surface area contributed by atoms with E-state index >= 15 is 0 Å². The zero-order chi connectivity index (χ0) is 16.8. The number of anilines is 1. The van der Waals surface area contributed by atoms with Crippen molar-refractivity contribution in [3.8, 4) is 5.75 Å². The standard InChI is InChI=1S/C17H18N4O3/c22-14(16-19-17(23)21-20-16)10-18-13-8-4-5-9-15(13)24-11-12-6-2-1-3-7-12/h1-9,14,18,22H,10-11H2,(H2,19,20,21,23). The van der Waals surface area contributed by atoms with E-state index < -0.39 is 11.8 Å². The van der Waals surface area contributed by atoms with E-state index in [1.165, 1.54) is 0 Å². The first kappa shape index (κ1) is 15.8. The number of aliphatic hydroxyl groups is 1. The molecule has 124 valence electrons. The smallest absolute Gasteiger partial charge is 0.340 e. The van der Waals surface area contributed by atoms with Gasteiger partial charge in [-0.15, -0.1) is 0 Å². The van der Waals surface area contributed by atoms with Crippen LogP contribution in [-0.4, -0.2) is 26.8 Å². The van der Waals surface area contributed by atoms with E-state index in [0.717, 1.165) is 11.3 Å². The summed E-state index contributed by atoms with van der Waals surface area (Å²) in [6, 6.07) is 17.3. The Morgan fingerprint density at radius 1 is 1.12 bits per heavy atom. The maximum absolute atomic E-state index is 11.0. The first-order valence-electron chi connectivity index (χ1n) is 7.54. The van der Waals surface area contributed by atoms with Crippen LogP contribution in [0.25, 0.3) is 0 Å². The molecular formula is C17H18N4O3. The van der Waals surface area contributed by atoms with Crippen molar-refractivity contribution >= 4 is 5.69 Å². The van der Waals surface area contributed by atoms with Gasteiger partial charge in [0.1, 0.15) is 18.5 Å². The third-order valence-corrected chi connectivity index (χ3v) is 3.45. The molecule has 0 aliphatic carbocycles. The average molecular weight is 326 g/mol. The van der Waals surface area contributed by atoms with E-state index in [4.69, 9.17) is 4.74 Å². The fourth-order valence-electron chi connectivity index (χ4n) is 2.22. The zero-order valence-corrected chi connectivity index (χ0v) is 12.9. The van der Waals surface area contributed by atoms with E-state index in [9.17, 15) is 9.90 Å². The highest BCUT2D eigenvalue weighted by Gasteiger charge is 2.12. The SMILES string of the molecule is O=c1[nH]nc(C(O)CNc2ccccc2OCc2ccccc2)[nH]1. The third kappa shape index (κ3) is 4.02. The number of ether oxygens (including phenoxy) is 1. The fraction of sp³-hybridized carbons (Fsp3) is 0.176. The molecule has 7 nitrogen and oxygen atoms in total. The predicted octanol–water partition coefficient (Wildman–Crippen LogP) is 1.82. The van der Waals surface area contributed by atoms with Gasteiger partial charge >= 0.3 is 5.69 Å². The minimum Gasteiger partial charge on any atom is -0.487 e. The van der Waals surface area contributed by atoms with Crippen LogP contribution < -0.4 is 15.7 Å². The van der Waals surface area contributed by atoms with Gasteiger partial charge in [-0.3, -0.25) is 4.98 Å². The highest BCUT2D eigenvalue weighted by atomic mass is 16.5. The number of nitrogens with one attached hydrogen (secondary N) is 3. The lowest BCUT2D eigenvalue weighted by atomic mass is 10.2. The Hall–Kier alpha value is -3.06. The summed E-state index contributed by atoms with van der Waals surface area (Å²) in [5.41, 5.74) is 1.38.